The molecule has 664 valence electrons. The monoisotopic (exact) mass is 1740 g/mol. The number of nitrogens with one attached hydrogen (secondary N) is 1. The first kappa shape index (κ1) is 93.3. The Morgan fingerprint density at radius 1 is 0.411 bits per heavy atom. The Balaban J connectivity index is 0.000000156. The molecule has 3 fully saturated rings. The van der Waals surface area contributed by atoms with E-state index in [1.54, 1.807) is 39.0 Å². The molecule has 2 saturated heterocycles. The van der Waals surface area contributed by atoms with Gasteiger partial charge in [0.25, 0.3) is 46.4 Å². The maximum absolute atomic E-state index is 13.3. The summed E-state index contributed by atoms with van der Waals surface area (Å²) in [6, 6.07) is 32.0. The number of aromatic nitrogens is 12. The third-order valence-corrected chi connectivity index (χ3v) is 22.8. The number of aliphatic hydroxyl groups excluding tert-OH is 4. The molecule has 0 atom stereocenters. The average Bonchev–Trinajstić information content (AvgIpc) is 1.61. The largest absolute Gasteiger partial charge is 0.396 e. The molecule has 13 N–H and O–H groups in total. The Hall–Kier alpha value is -14.8. The number of benzene rings is 4. The molecule has 33 heteroatoms. The molecule has 3 aliphatic rings. The maximum atomic E-state index is 13.3. The fourth-order valence-electron chi connectivity index (χ4n) is 15.8. The molecule has 4 amide bonds. The SMILES string of the molecule is [C-]#[N+]/C(=C\c1c(-c2ccc(C)cc2)c2c(N)ncnc2n1CCCO)C(=O)N(CC)CC.[C-]#[N+]/C(=C\c1c(-c2ccc(C)cc2)c2c(N)ncnc2n1CCCO)C(=O)N1CCCC1.[C-]#[N+]/C(=C\c1c(-c2ccc(C)cc2)c2c(N)ncnc2n1CCCO)C(=O)N1CCN(C)CC1.[C-]#[N+]/C(=C\c1c(-c2ccc(C)cc2)c2c(N)ncnc2n1CCCO)C(=O)NC1CC1. The number of aryl methyl sites for hydroxylation is 8. The second-order valence-corrected chi connectivity index (χ2v) is 31.6. The van der Waals surface area contributed by atoms with Gasteiger partial charge < -0.3 is 86.5 Å². The van der Waals surface area contributed by atoms with Crippen molar-refractivity contribution in [2.45, 2.75) is 125 Å². The van der Waals surface area contributed by atoms with Gasteiger partial charge in [-0.05, 0) is 147 Å². The highest BCUT2D eigenvalue weighted by molar-refractivity contribution is 6.12. The van der Waals surface area contributed by atoms with Gasteiger partial charge in [-0.1, -0.05) is 119 Å². The van der Waals surface area contributed by atoms with E-state index in [0.717, 1.165) is 106 Å². The highest BCUT2D eigenvalue weighted by Crippen LogP contribution is 2.44. The summed E-state index contributed by atoms with van der Waals surface area (Å²) in [5.74, 6) is 0.0581. The highest BCUT2D eigenvalue weighted by atomic mass is 16.3. The summed E-state index contributed by atoms with van der Waals surface area (Å²) < 4.78 is 7.64. The zero-order chi connectivity index (χ0) is 92.1. The smallest absolute Gasteiger partial charge is 0.253 e. The van der Waals surface area contributed by atoms with E-state index in [-0.39, 0.29) is 78.9 Å². The van der Waals surface area contributed by atoms with Gasteiger partial charge in [0.2, 0.25) is 0 Å². The molecule has 0 bridgehead atoms. The molecule has 33 nitrogen and oxygen atoms in total. The van der Waals surface area contributed by atoms with Crippen molar-refractivity contribution in [3.8, 4) is 44.5 Å². The average molecular weight is 1740 g/mol. The normalized spacial score (nSPS) is 13.7. The lowest BCUT2D eigenvalue weighted by Gasteiger charge is -2.32. The van der Waals surface area contributed by atoms with Crippen molar-refractivity contribution in [1.82, 2.24) is 83.1 Å². The minimum Gasteiger partial charge on any atom is -0.396 e. The topological polar surface area (TPSA) is 419 Å². The predicted molar refractivity (Wildman–Crippen MR) is 503 cm³/mol. The summed E-state index contributed by atoms with van der Waals surface area (Å²) >= 11 is 0. The van der Waals surface area contributed by atoms with E-state index in [4.69, 9.17) is 49.2 Å². The van der Waals surface area contributed by atoms with Gasteiger partial charge in [-0.15, -0.1) is 0 Å². The number of nitrogen functional groups attached to an aromatic ring is 4. The van der Waals surface area contributed by atoms with E-state index in [9.17, 15) is 39.6 Å². The number of hydrogen-bond donors (Lipinski definition) is 9. The van der Waals surface area contributed by atoms with Crippen molar-refractivity contribution >= 4 is 115 Å². The molecule has 2 aliphatic heterocycles. The molecule has 0 radical (unpaired) electrons. The van der Waals surface area contributed by atoms with Crippen molar-refractivity contribution < 1.29 is 39.6 Å². The molecule has 1 aliphatic carbocycles. The van der Waals surface area contributed by atoms with Gasteiger partial charge in [-0.25, -0.2) is 59.3 Å². The van der Waals surface area contributed by atoms with E-state index in [2.05, 4.69) is 69.5 Å². The van der Waals surface area contributed by atoms with Crippen LogP contribution in [0.15, 0.2) is 145 Å². The molecule has 129 heavy (non-hydrogen) atoms. The summed E-state index contributed by atoms with van der Waals surface area (Å²) in [6.45, 7) is 49.5. The van der Waals surface area contributed by atoms with E-state index < -0.39 is 0 Å². The minimum absolute atomic E-state index is 0.000142. The van der Waals surface area contributed by atoms with Gasteiger partial charge in [0.15, 0.2) is 0 Å². The quantitative estimate of drug-likeness (QED) is 0.0170. The molecule has 8 aromatic heterocycles. The number of likely N-dealkylation sites (tertiary alicyclic amines) is 1. The second kappa shape index (κ2) is 43.4. The number of fused-ring (bicyclic) bond motifs is 4. The Bertz CT molecular complexity index is 6230. The first-order chi connectivity index (χ1) is 62.5. The molecule has 12 aromatic rings. The van der Waals surface area contributed by atoms with Crippen LogP contribution in [0.1, 0.15) is 110 Å². The number of aliphatic hydroxyl groups is 4. The molecular formula is C96H107N25O8. The number of anilines is 4. The molecule has 4 aromatic carbocycles. The van der Waals surface area contributed by atoms with E-state index >= 15 is 0 Å². The van der Waals surface area contributed by atoms with Crippen LogP contribution in [-0.2, 0) is 45.4 Å². The predicted octanol–water partition coefficient (Wildman–Crippen LogP) is 12.1. The van der Waals surface area contributed by atoms with Gasteiger partial charge in [0, 0.05) is 156 Å². The first-order valence-corrected chi connectivity index (χ1v) is 42.9. The van der Waals surface area contributed by atoms with Crippen LogP contribution in [0.5, 0.6) is 0 Å². The lowest BCUT2D eigenvalue weighted by Crippen LogP contribution is -2.47. The fourth-order valence-corrected chi connectivity index (χ4v) is 15.8. The number of carbonyl (C=O) groups excluding carboxylic acids is 4. The Kier molecular flexibility index (Phi) is 31.4. The summed E-state index contributed by atoms with van der Waals surface area (Å²) in [5, 5.41) is 43.4. The number of hydrogen-bond acceptors (Lipinski definition) is 21. The minimum atomic E-state index is -0.384. The van der Waals surface area contributed by atoms with Crippen LogP contribution in [0.25, 0.3) is 132 Å². The summed E-state index contributed by atoms with van der Waals surface area (Å²) in [7, 11) is 2.02. The molecule has 15 rings (SSSR count). The van der Waals surface area contributed by atoms with Crippen LogP contribution in [0.3, 0.4) is 0 Å². The highest BCUT2D eigenvalue weighted by Gasteiger charge is 2.32. The van der Waals surface area contributed by atoms with Crippen LogP contribution < -0.4 is 28.3 Å². The van der Waals surface area contributed by atoms with Crippen LogP contribution in [-0.4, -0.2) is 214 Å². The van der Waals surface area contributed by atoms with Crippen molar-refractivity contribution in [2.24, 2.45) is 0 Å². The lowest BCUT2D eigenvalue weighted by molar-refractivity contribution is -0.128. The Morgan fingerprint density at radius 3 is 0.946 bits per heavy atom. The number of nitrogens with zero attached hydrogens (tertiary/aromatic N) is 20. The number of nitrogens with two attached hydrogens (primary N) is 4. The lowest BCUT2D eigenvalue weighted by atomic mass is 10.0. The van der Waals surface area contributed by atoms with E-state index in [1.165, 1.54) is 25.3 Å². The number of amides is 4. The number of likely N-dealkylation sites (N-methyl/N-ethyl adjacent to an activating group) is 2. The summed E-state index contributed by atoms with van der Waals surface area (Å²) in [5.41, 5.74) is 41.4. The number of carbonyl (C=O) groups is 4. The van der Waals surface area contributed by atoms with Crippen LogP contribution in [0.2, 0.25) is 0 Å². The van der Waals surface area contributed by atoms with Gasteiger partial charge in [0.1, 0.15) is 71.2 Å². The van der Waals surface area contributed by atoms with Gasteiger partial charge >= 0.3 is 0 Å². The van der Waals surface area contributed by atoms with Crippen LogP contribution in [0.4, 0.5) is 23.3 Å². The van der Waals surface area contributed by atoms with Crippen molar-refractivity contribution in [2.75, 3.05) is 109 Å². The molecule has 10 heterocycles. The van der Waals surface area contributed by atoms with Crippen LogP contribution >= 0.6 is 0 Å². The molecule has 0 unspecified atom stereocenters. The zero-order valence-electron chi connectivity index (χ0n) is 73.6. The van der Waals surface area contributed by atoms with Crippen LogP contribution in [0, 0.1) is 54.0 Å². The third kappa shape index (κ3) is 21.1. The third-order valence-electron chi connectivity index (χ3n) is 22.8. The molecule has 0 spiro atoms. The number of piperazine rings is 1. The van der Waals surface area contributed by atoms with E-state index in [1.807, 2.05) is 164 Å². The molecule has 1 saturated carbocycles. The maximum Gasteiger partial charge on any atom is 0.253 e. The second-order valence-electron chi connectivity index (χ2n) is 31.6. The summed E-state index contributed by atoms with van der Waals surface area (Å²) in [4.78, 5) is 108. The Labute approximate surface area is 748 Å². The number of rotatable bonds is 27. The zero-order valence-corrected chi connectivity index (χ0v) is 73.6. The van der Waals surface area contributed by atoms with Crippen molar-refractivity contribution in [3.05, 3.63) is 236 Å². The first-order valence-electron chi connectivity index (χ1n) is 42.9. The van der Waals surface area contributed by atoms with Gasteiger partial charge in [-0.3, -0.25) is 19.2 Å². The Morgan fingerprint density at radius 2 is 0.682 bits per heavy atom. The van der Waals surface area contributed by atoms with Gasteiger partial charge in [0.05, 0.1) is 47.8 Å². The van der Waals surface area contributed by atoms with Crippen molar-refractivity contribution in [3.63, 3.8) is 0 Å². The van der Waals surface area contributed by atoms with Gasteiger partial charge in [-0.2, -0.15) is 0 Å². The van der Waals surface area contributed by atoms with E-state index in [0.29, 0.717) is 181 Å². The molecular weight excluding hydrogens is 1630 g/mol. The fraction of sp³-hybridized carbons (Fsp3) is 0.333. The standard InChI is InChI=1S/C25H29N7O2.C24H26N6O2.C24H28N6O2.C23H24N6O2/c1-17-5-7-18(8-6-17)21-20(15-19(27-2)25(34)31-12-10-30(3)11-13-31)32(9-4-14-33)24-22(21)23(26)28-16-29-24;1-16-6-8-17(9-7-16)20-19(14-18(26-2)24(32)29-10-3-4-11-29)30(12-5-13-31)23-21(20)22(25)27-15-28-23;1-5-29(6-2)24(32)18(26-4)14-19-20(17-10-8-16(3)9-11-17)21-22(25)27-15-28-23(21)30(19)12-7-13-31;1-14-4-6-15(7-5-14)19-18(12-17(25-2)23(31)28-16-8-9-16)29(10-3-11-30)22-20(19)21(24)26-13-27-22/h5-8,15-16,33H,4,9-14H2,1,3H3,(H2,26,28,29);6-9,14-15,31H,3-5,10-13H2,1H3,(H2,25,27,28);8-11,14-15,31H,5-7,12-13H2,1-3H3,(H2,25,27,28);4-7,12-13,16,30H,3,8-11H2,1H3,(H,28,31)(H2,24,26,27)/b19-15-;2*18-14-;17-12-. The van der Waals surface area contributed by atoms with Crippen molar-refractivity contribution in [1.29, 1.82) is 0 Å². The summed E-state index contributed by atoms with van der Waals surface area (Å²) in [6.07, 6.45) is 17.8.